The van der Waals surface area contributed by atoms with Crippen molar-refractivity contribution < 1.29 is 14.7 Å². The van der Waals surface area contributed by atoms with Crippen LogP contribution in [0.2, 0.25) is 0 Å². The molecule has 1 aromatic carbocycles. The van der Waals surface area contributed by atoms with Gasteiger partial charge in [0.05, 0.1) is 0 Å². The lowest BCUT2D eigenvalue weighted by Gasteiger charge is -2.24. The van der Waals surface area contributed by atoms with E-state index in [0.29, 0.717) is 25.0 Å². The van der Waals surface area contributed by atoms with Crippen molar-refractivity contribution in [3.05, 3.63) is 42.0 Å². The van der Waals surface area contributed by atoms with Gasteiger partial charge in [0.2, 0.25) is 5.91 Å². The summed E-state index contributed by atoms with van der Waals surface area (Å²) in [6.45, 7) is 0. The number of hydrogen-bond donors (Lipinski definition) is 2. The van der Waals surface area contributed by atoms with Gasteiger partial charge in [0, 0.05) is 12.2 Å². The van der Waals surface area contributed by atoms with Crippen molar-refractivity contribution in [2.75, 3.05) is 11.5 Å². The molecule has 0 bridgehead atoms. The van der Waals surface area contributed by atoms with Crippen LogP contribution >= 0.6 is 11.8 Å². The van der Waals surface area contributed by atoms with Crippen molar-refractivity contribution in [1.82, 2.24) is 5.32 Å². The molecule has 1 fully saturated rings. The first-order chi connectivity index (χ1) is 10.1. The molecule has 1 aromatic rings. The zero-order chi connectivity index (χ0) is 15.1. The van der Waals surface area contributed by atoms with Gasteiger partial charge < -0.3 is 10.4 Å². The number of carbonyl (C=O) groups excluding carboxylic acids is 1. The van der Waals surface area contributed by atoms with Crippen LogP contribution in [0.4, 0.5) is 0 Å². The average molecular weight is 305 g/mol. The van der Waals surface area contributed by atoms with Crippen molar-refractivity contribution in [2.24, 2.45) is 0 Å². The number of nitrogens with one attached hydrogen (secondary N) is 1. The Balaban J connectivity index is 1.80. The third-order valence-electron chi connectivity index (χ3n) is 3.46. The molecule has 1 aliphatic heterocycles. The second kappa shape index (κ2) is 7.31. The number of hydrogen-bond acceptors (Lipinski definition) is 3. The van der Waals surface area contributed by atoms with Crippen molar-refractivity contribution in [3.63, 3.8) is 0 Å². The molecule has 0 saturated carbocycles. The number of allylic oxidation sites excluding steroid dienone is 1. The molecule has 1 amide bonds. The summed E-state index contributed by atoms with van der Waals surface area (Å²) in [7, 11) is 0. The van der Waals surface area contributed by atoms with Gasteiger partial charge in [-0.3, -0.25) is 4.79 Å². The van der Waals surface area contributed by atoms with Crippen molar-refractivity contribution in [1.29, 1.82) is 0 Å². The molecule has 0 radical (unpaired) electrons. The van der Waals surface area contributed by atoms with Crippen molar-refractivity contribution in [3.8, 4) is 0 Å². The Morgan fingerprint density at radius 1 is 1.33 bits per heavy atom. The van der Waals surface area contributed by atoms with E-state index in [9.17, 15) is 14.7 Å². The maximum atomic E-state index is 11.9. The summed E-state index contributed by atoms with van der Waals surface area (Å²) in [4.78, 5) is 23.2. The first-order valence-electron chi connectivity index (χ1n) is 6.96. The highest BCUT2D eigenvalue weighted by atomic mass is 32.2. The first-order valence-corrected chi connectivity index (χ1v) is 8.12. The maximum absolute atomic E-state index is 11.9. The number of benzene rings is 1. The number of thioether (sulfide) groups is 1. The normalized spacial score (nSPS) is 21.5. The summed E-state index contributed by atoms with van der Waals surface area (Å²) >= 11 is 1.57. The van der Waals surface area contributed by atoms with E-state index in [2.05, 4.69) is 5.32 Å². The lowest BCUT2D eigenvalue weighted by Crippen LogP contribution is -2.54. The largest absolute Gasteiger partial charge is 0.479 e. The SMILES string of the molecule is O=C(CC/C=C/c1ccccc1)NC1(C(=O)O)CCSC1. The van der Waals surface area contributed by atoms with E-state index in [1.54, 1.807) is 11.8 Å². The quantitative estimate of drug-likeness (QED) is 0.847. The number of aliphatic carboxylic acids is 1. The fraction of sp³-hybridized carbons (Fsp3) is 0.375. The smallest absolute Gasteiger partial charge is 0.330 e. The van der Waals surface area contributed by atoms with Gasteiger partial charge in [-0.15, -0.1) is 0 Å². The van der Waals surface area contributed by atoms with Crippen LogP contribution in [0.3, 0.4) is 0 Å². The van der Waals surface area contributed by atoms with Crippen LogP contribution in [0, 0.1) is 0 Å². The Hall–Kier alpha value is -1.75. The fourth-order valence-electron chi connectivity index (χ4n) is 2.21. The van der Waals surface area contributed by atoms with E-state index < -0.39 is 11.5 Å². The molecule has 5 heteroatoms. The summed E-state index contributed by atoms with van der Waals surface area (Å²) in [6, 6.07) is 9.86. The van der Waals surface area contributed by atoms with Crippen molar-refractivity contribution in [2.45, 2.75) is 24.8 Å². The lowest BCUT2D eigenvalue weighted by molar-refractivity contribution is -0.146. The minimum atomic E-state index is -1.06. The topological polar surface area (TPSA) is 66.4 Å². The van der Waals surface area contributed by atoms with Gasteiger partial charge in [0.1, 0.15) is 5.54 Å². The number of carboxylic acid groups (broad SMARTS) is 1. The minimum Gasteiger partial charge on any atom is -0.479 e. The predicted octanol–water partition coefficient (Wildman–Crippen LogP) is 2.56. The van der Waals surface area contributed by atoms with Crippen molar-refractivity contribution >= 4 is 29.7 Å². The highest BCUT2D eigenvalue weighted by Gasteiger charge is 2.42. The van der Waals surface area contributed by atoms with E-state index in [1.807, 2.05) is 42.5 Å². The molecule has 4 nitrogen and oxygen atoms in total. The van der Waals surface area contributed by atoms with Crippen LogP contribution in [0.1, 0.15) is 24.8 Å². The third kappa shape index (κ3) is 4.36. The van der Waals surface area contributed by atoms with Gasteiger partial charge in [-0.1, -0.05) is 42.5 Å². The molecule has 1 unspecified atom stereocenters. The molecule has 1 aliphatic rings. The molecule has 0 aromatic heterocycles. The minimum absolute atomic E-state index is 0.197. The highest BCUT2D eigenvalue weighted by Crippen LogP contribution is 2.28. The van der Waals surface area contributed by atoms with E-state index in [0.717, 1.165) is 11.3 Å². The Morgan fingerprint density at radius 3 is 2.71 bits per heavy atom. The molecule has 1 heterocycles. The Bertz CT molecular complexity index is 522. The molecule has 2 rings (SSSR count). The van der Waals surface area contributed by atoms with Crippen LogP contribution < -0.4 is 5.32 Å². The number of carboxylic acids is 1. The average Bonchev–Trinajstić information content (AvgIpc) is 2.94. The fourth-order valence-corrected chi connectivity index (χ4v) is 3.54. The van der Waals surface area contributed by atoms with E-state index in [1.165, 1.54) is 0 Å². The van der Waals surface area contributed by atoms with Gasteiger partial charge in [-0.2, -0.15) is 11.8 Å². The lowest BCUT2D eigenvalue weighted by atomic mass is 9.99. The number of rotatable bonds is 6. The zero-order valence-corrected chi connectivity index (χ0v) is 12.6. The summed E-state index contributed by atoms with van der Waals surface area (Å²) in [6.07, 6.45) is 5.31. The summed E-state index contributed by atoms with van der Waals surface area (Å²) < 4.78 is 0. The van der Waals surface area contributed by atoms with E-state index in [-0.39, 0.29) is 5.91 Å². The monoisotopic (exact) mass is 305 g/mol. The molecular weight excluding hydrogens is 286 g/mol. The second-order valence-corrected chi connectivity index (χ2v) is 6.19. The molecule has 0 spiro atoms. The standard InChI is InChI=1S/C16H19NO3S/c18-14(17-16(15(19)20)10-11-21-12-16)9-5-4-8-13-6-2-1-3-7-13/h1-4,6-8H,5,9-12H2,(H,17,18)(H,19,20)/b8-4+. The van der Waals surface area contributed by atoms with Gasteiger partial charge >= 0.3 is 5.97 Å². The molecular formula is C16H19NO3S. The first kappa shape index (κ1) is 15.6. The summed E-state index contributed by atoms with van der Waals surface area (Å²) in [5.74, 6) is 0.104. The molecule has 2 N–H and O–H groups in total. The number of amides is 1. The van der Waals surface area contributed by atoms with Crippen LogP contribution in [0.25, 0.3) is 6.08 Å². The highest BCUT2D eigenvalue weighted by molar-refractivity contribution is 7.99. The van der Waals surface area contributed by atoms with Gasteiger partial charge in [-0.05, 0) is 24.2 Å². The maximum Gasteiger partial charge on any atom is 0.330 e. The summed E-state index contributed by atoms with van der Waals surface area (Å²) in [5.41, 5.74) is 0.0253. The molecule has 0 aliphatic carbocycles. The van der Waals surface area contributed by atoms with Gasteiger partial charge in [0.15, 0.2) is 0 Å². The Labute approximate surface area is 128 Å². The van der Waals surface area contributed by atoms with Gasteiger partial charge in [-0.25, -0.2) is 4.79 Å². The Morgan fingerprint density at radius 2 is 2.10 bits per heavy atom. The molecule has 21 heavy (non-hydrogen) atoms. The molecule has 1 saturated heterocycles. The number of carbonyl (C=O) groups is 2. The van der Waals surface area contributed by atoms with Crippen LogP contribution in [0.5, 0.6) is 0 Å². The third-order valence-corrected chi connectivity index (χ3v) is 4.65. The van der Waals surface area contributed by atoms with Crippen LogP contribution in [-0.4, -0.2) is 34.0 Å². The van der Waals surface area contributed by atoms with E-state index in [4.69, 9.17) is 0 Å². The van der Waals surface area contributed by atoms with E-state index >= 15 is 0 Å². The van der Waals surface area contributed by atoms with Crippen LogP contribution in [-0.2, 0) is 9.59 Å². The van der Waals surface area contributed by atoms with Crippen LogP contribution in [0.15, 0.2) is 36.4 Å². The Kier molecular flexibility index (Phi) is 5.44. The van der Waals surface area contributed by atoms with Gasteiger partial charge in [0.25, 0.3) is 0 Å². The predicted molar refractivity (Wildman–Crippen MR) is 85.2 cm³/mol. The molecule has 112 valence electrons. The molecule has 1 atom stereocenters. The zero-order valence-electron chi connectivity index (χ0n) is 11.7. The second-order valence-electron chi connectivity index (χ2n) is 5.09. The summed E-state index contributed by atoms with van der Waals surface area (Å²) in [5, 5.41) is 12.0.